The number of H-pyrrole nitrogens is 1. The number of hydrogen-bond acceptors (Lipinski definition) is 8. The lowest BCUT2D eigenvalue weighted by molar-refractivity contribution is 0.629. The van der Waals surface area contributed by atoms with Gasteiger partial charge in [-0.3, -0.25) is 14.7 Å². The van der Waals surface area contributed by atoms with Crippen molar-refractivity contribution in [2.45, 2.75) is 29.7 Å². The van der Waals surface area contributed by atoms with Crippen LogP contribution in [0.15, 0.2) is 51.1 Å². The van der Waals surface area contributed by atoms with E-state index in [4.69, 9.17) is 0 Å². The Balaban J connectivity index is 1.37. The summed E-state index contributed by atoms with van der Waals surface area (Å²) in [4.78, 5) is 38.3. The maximum Gasteiger partial charge on any atom is 0.275 e. The highest BCUT2D eigenvalue weighted by Gasteiger charge is 2.28. The number of aromatic nitrogens is 7. The third-order valence-electron chi connectivity index (χ3n) is 5.03. The van der Waals surface area contributed by atoms with Gasteiger partial charge in [0.15, 0.2) is 16.6 Å². The minimum Gasteiger partial charge on any atom is -0.268 e. The van der Waals surface area contributed by atoms with E-state index < -0.39 is 5.82 Å². The van der Waals surface area contributed by atoms with Crippen LogP contribution in [0.2, 0.25) is 0 Å². The van der Waals surface area contributed by atoms with Gasteiger partial charge in [-0.05, 0) is 25.0 Å². The molecule has 0 amide bonds. The van der Waals surface area contributed by atoms with Crippen molar-refractivity contribution in [2.75, 3.05) is 0 Å². The Morgan fingerprint density at radius 1 is 1.16 bits per heavy atom. The van der Waals surface area contributed by atoms with E-state index in [1.807, 2.05) is 0 Å². The Kier molecular flexibility index (Phi) is 4.43. The number of benzene rings is 1. The molecule has 1 aliphatic carbocycles. The van der Waals surface area contributed by atoms with Gasteiger partial charge in [-0.1, -0.05) is 35.2 Å². The number of thioether (sulfide) groups is 1. The fourth-order valence-corrected chi connectivity index (χ4v) is 5.26. The molecule has 0 aliphatic heterocycles. The first kappa shape index (κ1) is 19.3. The normalized spacial score (nSPS) is 13.9. The first-order valence-electron chi connectivity index (χ1n) is 9.82. The molecule has 1 N–H and O–H groups in total. The molecular formula is C20H14FN7O2S2. The molecule has 1 aliphatic rings. The number of hydrogen-bond donors (Lipinski definition) is 1. The molecule has 1 aromatic carbocycles. The Bertz CT molecular complexity index is 1620. The van der Waals surface area contributed by atoms with E-state index >= 15 is 0 Å². The second-order valence-corrected chi connectivity index (χ2v) is 9.34. The number of halogens is 1. The van der Waals surface area contributed by atoms with E-state index in [0.717, 1.165) is 17.8 Å². The standard InChI is InChI=1S/C20H14FN7O2S2/c21-13-4-2-1-3-12(13)17-23-14-8-15(29)25-27(14)19(24-17)31-9-11-7-16(30)28-20(22-11)32-18(26-28)10-5-6-10/h1-4,7-8,10H,5-6,9H2,(H,25,29). The van der Waals surface area contributed by atoms with Gasteiger partial charge in [-0.25, -0.2) is 23.9 Å². The lowest BCUT2D eigenvalue weighted by Crippen LogP contribution is -2.15. The van der Waals surface area contributed by atoms with Crippen LogP contribution in [0.5, 0.6) is 0 Å². The summed E-state index contributed by atoms with van der Waals surface area (Å²) in [5.41, 5.74) is 0.552. The van der Waals surface area contributed by atoms with Crippen LogP contribution in [0.4, 0.5) is 4.39 Å². The average Bonchev–Trinajstić information content (AvgIpc) is 3.41. The Hall–Kier alpha value is -3.38. The summed E-state index contributed by atoms with van der Waals surface area (Å²) in [6.07, 6.45) is 2.20. The van der Waals surface area contributed by atoms with Crippen LogP contribution in [0.1, 0.15) is 29.5 Å². The summed E-state index contributed by atoms with van der Waals surface area (Å²) >= 11 is 2.70. The van der Waals surface area contributed by atoms with Gasteiger partial charge in [-0.15, -0.1) is 0 Å². The van der Waals surface area contributed by atoms with E-state index in [2.05, 4.69) is 25.1 Å². The van der Waals surface area contributed by atoms with Gasteiger partial charge < -0.3 is 0 Å². The van der Waals surface area contributed by atoms with Gasteiger partial charge in [0, 0.05) is 23.8 Å². The van der Waals surface area contributed by atoms with Crippen molar-refractivity contribution in [3.05, 3.63) is 73.6 Å². The molecule has 160 valence electrons. The van der Waals surface area contributed by atoms with Crippen molar-refractivity contribution >= 4 is 33.7 Å². The van der Waals surface area contributed by atoms with Crippen LogP contribution in [-0.2, 0) is 5.75 Å². The van der Waals surface area contributed by atoms with Crippen LogP contribution in [0.3, 0.4) is 0 Å². The lowest BCUT2D eigenvalue weighted by Gasteiger charge is -2.08. The van der Waals surface area contributed by atoms with Gasteiger partial charge >= 0.3 is 0 Å². The molecule has 0 spiro atoms. The van der Waals surface area contributed by atoms with Crippen molar-refractivity contribution < 1.29 is 4.39 Å². The molecule has 0 unspecified atom stereocenters. The highest BCUT2D eigenvalue weighted by Crippen LogP contribution is 2.41. The summed E-state index contributed by atoms with van der Waals surface area (Å²) in [5.74, 6) is 0.480. The molecular weight excluding hydrogens is 453 g/mol. The van der Waals surface area contributed by atoms with Crippen molar-refractivity contribution in [1.29, 1.82) is 0 Å². The fourth-order valence-electron chi connectivity index (χ4n) is 3.32. The molecule has 1 saturated carbocycles. The summed E-state index contributed by atoms with van der Waals surface area (Å²) in [7, 11) is 0. The number of nitrogens with one attached hydrogen (secondary N) is 1. The van der Waals surface area contributed by atoms with Crippen molar-refractivity contribution in [3.8, 4) is 11.4 Å². The van der Waals surface area contributed by atoms with E-state index in [9.17, 15) is 14.0 Å². The SMILES string of the molecule is O=c1cc2nc(-c3ccccc3F)nc(SCc3cc(=O)n4nc(C5CC5)sc4n3)n2[nH]1. The zero-order valence-corrected chi connectivity index (χ0v) is 18.0. The van der Waals surface area contributed by atoms with Gasteiger partial charge in [0.2, 0.25) is 4.96 Å². The molecule has 0 saturated heterocycles. The van der Waals surface area contributed by atoms with Crippen molar-refractivity contribution in [2.24, 2.45) is 0 Å². The lowest BCUT2D eigenvalue weighted by atomic mass is 10.2. The quantitative estimate of drug-likeness (QED) is 0.396. The molecule has 4 heterocycles. The van der Waals surface area contributed by atoms with Gasteiger partial charge in [0.05, 0.1) is 11.3 Å². The number of fused-ring (bicyclic) bond motifs is 2. The molecule has 6 rings (SSSR count). The smallest absolute Gasteiger partial charge is 0.268 e. The fraction of sp³-hybridized carbons (Fsp3) is 0.200. The maximum atomic E-state index is 14.3. The van der Waals surface area contributed by atoms with Crippen LogP contribution < -0.4 is 11.1 Å². The number of nitrogens with zero attached hydrogens (tertiary/aromatic N) is 6. The van der Waals surface area contributed by atoms with Crippen LogP contribution in [0.25, 0.3) is 22.0 Å². The zero-order valence-electron chi connectivity index (χ0n) is 16.4. The number of rotatable bonds is 5. The Labute approximate surface area is 187 Å². The average molecular weight is 468 g/mol. The molecule has 0 atom stereocenters. The van der Waals surface area contributed by atoms with Crippen LogP contribution in [-0.4, -0.2) is 34.2 Å². The summed E-state index contributed by atoms with van der Waals surface area (Å²) in [6.45, 7) is 0. The summed E-state index contributed by atoms with van der Waals surface area (Å²) < 4.78 is 17.1. The molecule has 5 aromatic rings. The van der Waals surface area contributed by atoms with E-state index in [0.29, 0.717) is 33.1 Å². The maximum absolute atomic E-state index is 14.3. The largest absolute Gasteiger partial charge is 0.275 e. The van der Waals surface area contributed by atoms with E-state index in [1.54, 1.807) is 18.2 Å². The van der Waals surface area contributed by atoms with Gasteiger partial charge in [0.25, 0.3) is 11.1 Å². The monoisotopic (exact) mass is 467 g/mol. The Morgan fingerprint density at radius 2 is 2.00 bits per heavy atom. The molecule has 0 bridgehead atoms. The van der Waals surface area contributed by atoms with Gasteiger partial charge in [0.1, 0.15) is 10.8 Å². The minimum atomic E-state index is -0.456. The molecule has 9 nitrogen and oxygen atoms in total. The molecule has 32 heavy (non-hydrogen) atoms. The molecule has 1 fully saturated rings. The van der Waals surface area contributed by atoms with E-state index in [1.165, 1.54) is 50.3 Å². The topological polar surface area (TPSA) is 110 Å². The molecule has 0 radical (unpaired) electrons. The second-order valence-electron chi connectivity index (χ2n) is 7.41. The predicted octanol–water partition coefficient (Wildman–Crippen LogP) is 2.86. The molecule has 12 heteroatoms. The third-order valence-corrected chi connectivity index (χ3v) is 7.07. The summed E-state index contributed by atoms with van der Waals surface area (Å²) in [6, 6.07) is 8.96. The van der Waals surface area contributed by atoms with Crippen molar-refractivity contribution in [3.63, 3.8) is 0 Å². The number of aromatic amines is 1. The Morgan fingerprint density at radius 3 is 2.81 bits per heavy atom. The second kappa shape index (κ2) is 7.35. The predicted molar refractivity (Wildman–Crippen MR) is 118 cm³/mol. The third kappa shape index (κ3) is 3.41. The summed E-state index contributed by atoms with van der Waals surface area (Å²) in [5, 5.41) is 8.38. The van der Waals surface area contributed by atoms with Crippen LogP contribution in [0, 0.1) is 5.82 Å². The minimum absolute atomic E-state index is 0.171. The van der Waals surface area contributed by atoms with Gasteiger partial charge in [-0.2, -0.15) is 9.61 Å². The van der Waals surface area contributed by atoms with E-state index in [-0.39, 0.29) is 22.5 Å². The highest BCUT2D eigenvalue weighted by molar-refractivity contribution is 7.98. The van der Waals surface area contributed by atoms with Crippen LogP contribution >= 0.6 is 23.1 Å². The first-order valence-corrected chi connectivity index (χ1v) is 11.6. The zero-order chi connectivity index (χ0) is 21.8. The van der Waals surface area contributed by atoms with Crippen molar-refractivity contribution in [1.82, 2.24) is 34.2 Å². The first-order chi connectivity index (χ1) is 15.5. The highest BCUT2D eigenvalue weighted by atomic mass is 32.2. The molecule has 4 aromatic heterocycles.